The summed E-state index contributed by atoms with van der Waals surface area (Å²) < 4.78 is 11.3. The Morgan fingerprint density at radius 3 is 2.79 bits per heavy atom. The molecular weight excluding hydrogens is 322 g/mol. The number of hydrogen-bond acceptors (Lipinski definition) is 3. The van der Waals surface area contributed by atoms with Gasteiger partial charge in [0.25, 0.3) is 0 Å². The van der Waals surface area contributed by atoms with Crippen LogP contribution in [0.3, 0.4) is 0 Å². The topological polar surface area (TPSA) is 47.0 Å². The molecule has 134 valence electrons. The van der Waals surface area contributed by atoms with Gasteiger partial charge in [-0.25, -0.2) is 0 Å². The van der Waals surface area contributed by atoms with E-state index in [0.717, 1.165) is 37.7 Å². The maximum absolute atomic E-state index is 5.85. The monoisotopic (exact) mass is 352 g/mol. The van der Waals surface area contributed by atoms with E-state index in [1.54, 1.807) is 4.90 Å². The molecule has 1 heterocycles. The summed E-state index contributed by atoms with van der Waals surface area (Å²) in [5, 5.41) is 7.09. The summed E-state index contributed by atoms with van der Waals surface area (Å²) in [4.78, 5) is 1.62. The molecule has 0 aromatic heterocycles. The molecule has 1 aromatic rings. The van der Waals surface area contributed by atoms with E-state index in [1.807, 2.05) is 31.2 Å². The van der Waals surface area contributed by atoms with Crippen molar-refractivity contribution in [3.8, 4) is 5.75 Å². The van der Waals surface area contributed by atoms with Gasteiger partial charge in [-0.15, -0.1) is 0 Å². The van der Waals surface area contributed by atoms with E-state index in [1.165, 1.54) is 6.54 Å². The minimum Gasteiger partial charge on any atom is -0.494 e. The number of nitrogens with one attached hydrogen (secondary N) is 3. The van der Waals surface area contributed by atoms with Crippen molar-refractivity contribution >= 4 is 23.0 Å². The summed E-state index contributed by atoms with van der Waals surface area (Å²) in [6.07, 6.45) is 0.215. The molecule has 6 heteroatoms. The van der Waals surface area contributed by atoms with Crippen molar-refractivity contribution in [2.75, 3.05) is 44.7 Å². The van der Waals surface area contributed by atoms with Crippen molar-refractivity contribution in [2.24, 2.45) is 5.92 Å². The molecule has 2 rings (SSSR count). The molecule has 0 aliphatic carbocycles. The predicted octanol–water partition coefficient (Wildman–Crippen LogP) is 1.31. The second-order valence-electron chi connectivity index (χ2n) is 6.59. The summed E-state index contributed by atoms with van der Waals surface area (Å²) in [5.41, 5.74) is 0.951. The number of anilines is 1. The van der Waals surface area contributed by atoms with Crippen LogP contribution in [0.2, 0.25) is 0 Å². The SMILES string of the molecule is CCOc1ccc(NC(=S)NC[C@H]2C[NH+](CC(C)C)CCO2)cc1. The third-order valence-corrected chi connectivity index (χ3v) is 4.18. The van der Waals surface area contributed by atoms with Crippen molar-refractivity contribution in [1.82, 2.24) is 5.32 Å². The molecule has 1 saturated heterocycles. The Labute approximate surface area is 150 Å². The van der Waals surface area contributed by atoms with Gasteiger partial charge in [0, 0.05) is 18.2 Å². The highest BCUT2D eigenvalue weighted by Gasteiger charge is 2.24. The molecular formula is C18H30N3O2S+. The van der Waals surface area contributed by atoms with Crippen LogP contribution in [0.15, 0.2) is 24.3 Å². The van der Waals surface area contributed by atoms with Gasteiger partial charge < -0.3 is 25.0 Å². The molecule has 1 aliphatic heterocycles. The maximum Gasteiger partial charge on any atom is 0.170 e. The molecule has 0 bridgehead atoms. The zero-order chi connectivity index (χ0) is 17.4. The molecule has 0 amide bonds. The lowest BCUT2D eigenvalue weighted by molar-refractivity contribution is -0.914. The second-order valence-corrected chi connectivity index (χ2v) is 7.00. The van der Waals surface area contributed by atoms with Crippen LogP contribution < -0.4 is 20.3 Å². The number of thiocarbonyl (C=S) groups is 1. The van der Waals surface area contributed by atoms with Gasteiger partial charge in [0.1, 0.15) is 24.9 Å². The first kappa shape index (κ1) is 19.0. The molecule has 1 aromatic carbocycles. The van der Waals surface area contributed by atoms with Crippen LogP contribution in [0.1, 0.15) is 20.8 Å². The van der Waals surface area contributed by atoms with E-state index in [4.69, 9.17) is 21.7 Å². The zero-order valence-electron chi connectivity index (χ0n) is 14.9. The highest BCUT2D eigenvalue weighted by molar-refractivity contribution is 7.80. The average Bonchev–Trinajstić information content (AvgIpc) is 2.55. The quantitative estimate of drug-likeness (QED) is 0.646. The molecule has 1 fully saturated rings. The van der Waals surface area contributed by atoms with Gasteiger partial charge in [0.2, 0.25) is 0 Å². The molecule has 1 aliphatic rings. The van der Waals surface area contributed by atoms with Gasteiger partial charge in [-0.05, 0) is 43.4 Å². The molecule has 1 unspecified atom stereocenters. The summed E-state index contributed by atoms with van der Waals surface area (Å²) in [7, 11) is 0. The van der Waals surface area contributed by atoms with Gasteiger partial charge in [0.15, 0.2) is 5.11 Å². The third-order valence-electron chi connectivity index (χ3n) is 3.94. The summed E-state index contributed by atoms with van der Waals surface area (Å²) in [6, 6.07) is 7.80. The fraction of sp³-hybridized carbons (Fsp3) is 0.611. The van der Waals surface area contributed by atoms with Crippen molar-refractivity contribution in [2.45, 2.75) is 26.9 Å². The average molecular weight is 353 g/mol. The molecule has 0 radical (unpaired) electrons. The highest BCUT2D eigenvalue weighted by atomic mass is 32.1. The summed E-state index contributed by atoms with van der Waals surface area (Å²) >= 11 is 5.37. The van der Waals surface area contributed by atoms with Crippen LogP contribution in [0.25, 0.3) is 0 Å². The van der Waals surface area contributed by atoms with Crippen LogP contribution in [0.4, 0.5) is 5.69 Å². The van der Waals surface area contributed by atoms with E-state index in [9.17, 15) is 0 Å². The van der Waals surface area contributed by atoms with Crippen LogP contribution in [-0.4, -0.2) is 50.6 Å². The first-order valence-electron chi connectivity index (χ1n) is 8.79. The van der Waals surface area contributed by atoms with E-state index >= 15 is 0 Å². The normalized spacial score (nSPS) is 20.7. The Balaban J connectivity index is 1.72. The smallest absolute Gasteiger partial charge is 0.170 e. The number of morpholine rings is 1. The van der Waals surface area contributed by atoms with E-state index < -0.39 is 0 Å². The van der Waals surface area contributed by atoms with Crippen LogP contribution in [-0.2, 0) is 4.74 Å². The highest BCUT2D eigenvalue weighted by Crippen LogP contribution is 2.15. The third kappa shape index (κ3) is 6.63. The minimum atomic E-state index is 0.215. The molecule has 5 nitrogen and oxygen atoms in total. The van der Waals surface area contributed by atoms with Crippen LogP contribution >= 0.6 is 12.2 Å². The standard InChI is InChI=1S/C18H29N3O2S/c1-4-22-16-7-5-15(6-8-16)20-18(24)19-11-17-13-21(9-10-23-17)12-14(2)3/h5-8,14,17H,4,9-13H2,1-3H3,(H2,19,20,24)/p+1/t17-/m0/s1. The maximum atomic E-state index is 5.85. The fourth-order valence-corrected chi connectivity index (χ4v) is 3.13. The molecule has 3 N–H and O–H groups in total. The molecule has 2 atom stereocenters. The zero-order valence-corrected chi connectivity index (χ0v) is 15.7. The minimum absolute atomic E-state index is 0.215. The predicted molar refractivity (Wildman–Crippen MR) is 102 cm³/mol. The lowest BCUT2D eigenvalue weighted by Gasteiger charge is -2.31. The number of ether oxygens (including phenoxy) is 2. The van der Waals surface area contributed by atoms with Crippen molar-refractivity contribution in [3.05, 3.63) is 24.3 Å². The Bertz CT molecular complexity index is 507. The van der Waals surface area contributed by atoms with Gasteiger partial charge >= 0.3 is 0 Å². The Kier molecular flexibility index (Phi) is 7.75. The van der Waals surface area contributed by atoms with E-state index in [-0.39, 0.29) is 6.10 Å². The number of benzene rings is 1. The Morgan fingerprint density at radius 2 is 2.12 bits per heavy atom. The Hall–Kier alpha value is -1.37. The van der Waals surface area contributed by atoms with Gasteiger partial charge in [0.05, 0.1) is 19.8 Å². The van der Waals surface area contributed by atoms with Gasteiger partial charge in [-0.1, -0.05) is 13.8 Å². The summed E-state index contributed by atoms with van der Waals surface area (Å²) in [5.74, 6) is 1.58. The van der Waals surface area contributed by atoms with Gasteiger partial charge in [-0.2, -0.15) is 0 Å². The van der Waals surface area contributed by atoms with Crippen molar-refractivity contribution in [1.29, 1.82) is 0 Å². The van der Waals surface area contributed by atoms with Crippen LogP contribution in [0, 0.1) is 5.92 Å². The molecule has 24 heavy (non-hydrogen) atoms. The number of hydrogen-bond donors (Lipinski definition) is 3. The first-order chi connectivity index (χ1) is 11.6. The second kappa shape index (κ2) is 9.81. The Morgan fingerprint density at radius 1 is 1.38 bits per heavy atom. The van der Waals surface area contributed by atoms with Crippen LogP contribution in [0.5, 0.6) is 5.75 Å². The number of rotatable bonds is 7. The summed E-state index contributed by atoms with van der Waals surface area (Å²) in [6.45, 7) is 12.1. The number of quaternary nitrogens is 1. The van der Waals surface area contributed by atoms with Crippen molar-refractivity contribution in [3.63, 3.8) is 0 Å². The van der Waals surface area contributed by atoms with Crippen molar-refractivity contribution < 1.29 is 14.4 Å². The van der Waals surface area contributed by atoms with Gasteiger partial charge in [-0.3, -0.25) is 0 Å². The molecule has 0 spiro atoms. The lowest BCUT2D eigenvalue weighted by Crippen LogP contribution is -3.15. The lowest BCUT2D eigenvalue weighted by atomic mass is 10.2. The largest absolute Gasteiger partial charge is 0.494 e. The fourth-order valence-electron chi connectivity index (χ4n) is 2.93. The molecule has 0 saturated carbocycles. The first-order valence-corrected chi connectivity index (χ1v) is 9.20. The van der Waals surface area contributed by atoms with E-state index in [0.29, 0.717) is 17.6 Å². The van der Waals surface area contributed by atoms with E-state index in [2.05, 4.69) is 24.5 Å².